The number of aryl methyl sites for hydroxylation is 3. The van der Waals surface area contributed by atoms with Gasteiger partial charge in [-0.15, -0.1) is 0 Å². The monoisotopic (exact) mass is 212 g/mol. The minimum atomic E-state index is -0.482. The van der Waals surface area contributed by atoms with Crippen LogP contribution in [-0.2, 0) is 4.79 Å². The van der Waals surface area contributed by atoms with Gasteiger partial charge in [-0.05, 0) is 43.5 Å². The van der Waals surface area contributed by atoms with Crippen LogP contribution in [-0.4, -0.2) is 11.8 Å². The Morgan fingerprint density at radius 2 is 1.79 bits per heavy atom. The number of halogens is 1. The molecular weight excluding hydrogens is 200 g/mol. The Morgan fingerprint density at radius 1 is 1.29 bits per heavy atom. The number of rotatable bonds is 3. The standard InChI is InChI=1S/C11H13ClO2/c1-7-4-8(2)11(9(3)5-7)14-6-10(12)13/h4-5H,6H2,1-3H3. The molecule has 0 N–H and O–H groups in total. The third kappa shape index (κ3) is 2.74. The summed E-state index contributed by atoms with van der Waals surface area (Å²) < 4.78 is 5.30. The van der Waals surface area contributed by atoms with E-state index in [2.05, 4.69) is 0 Å². The first-order valence-corrected chi connectivity index (χ1v) is 4.77. The average Bonchev–Trinajstić information content (AvgIpc) is 2.01. The van der Waals surface area contributed by atoms with Crippen LogP contribution in [0.5, 0.6) is 5.75 Å². The van der Waals surface area contributed by atoms with Crippen molar-refractivity contribution in [1.82, 2.24) is 0 Å². The number of ether oxygens (including phenoxy) is 1. The molecule has 0 unspecified atom stereocenters. The van der Waals surface area contributed by atoms with E-state index in [9.17, 15) is 4.79 Å². The highest BCUT2D eigenvalue weighted by Crippen LogP contribution is 2.24. The van der Waals surface area contributed by atoms with Gasteiger partial charge in [-0.3, -0.25) is 4.79 Å². The lowest BCUT2D eigenvalue weighted by Crippen LogP contribution is -2.06. The lowest BCUT2D eigenvalue weighted by Gasteiger charge is -2.11. The molecule has 0 amide bonds. The summed E-state index contributed by atoms with van der Waals surface area (Å²) in [5, 5.41) is -0.482. The molecule has 0 fully saturated rings. The van der Waals surface area contributed by atoms with E-state index >= 15 is 0 Å². The zero-order chi connectivity index (χ0) is 10.7. The minimum Gasteiger partial charge on any atom is -0.484 e. The fourth-order valence-corrected chi connectivity index (χ4v) is 1.58. The number of hydrogen-bond donors (Lipinski definition) is 0. The van der Waals surface area contributed by atoms with Crippen molar-refractivity contribution in [3.05, 3.63) is 28.8 Å². The van der Waals surface area contributed by atoms with Gasteiger partial charge in [0.2, 0.25) is 0 Å². The number of carbonyl (C=O) groups excluding carboxylic acids is 1. The number of carbonyl (C=O) groups is 1. The van der Waals surface area contributed by atoms with E-state index in [1.807, 2.05) is 32.9 Å². The van der Waals surface area contributed by atoms with Gasteiger partial charge >= 0.3 is 0 Å². The third-order valence-electron chi connectivity index (χ3n) is 1.93. The van der Waals surface area contributed by atoms with Crippen molar-refractivity contribution in [3.63, 3.8) is 0 Å². The van der Waals surface area contributed by atoms with Crippen LogP contribution >= 0.6 is 11.6 Å². The second-order valence-corrected chi connectivity index (χ2v) is 3.79. The van der Waals surface area contributed by atoms with Gasteiger partial charge in [0.1, 0.15) is 5.75 Å². The molecule has 0 aromatic heterocycles. The summed E-state index contributed by atoms with van der Waals surface area (Å²) in [5.74, 6) is 0.754. The van der Waals surface area contributed by atoms with Gasteiger partial charge in [-0.2, -0.15) is 0 Å². The molecule has 2 nitrogen and oxygen atoms in total. The third-order valence-corrected chi connectivity index (χ3v) is 2.04. The topological polar surface area (TPSA) is 26.3 Å². The van der Waals surface area contributed by atoms with Crippen LogP contribution in [0.4, 0.5) is 0 Å². The largest absolute Gasteiger partial charge is 0.484 e. The van der Waals surface area contributed by atoms with Gasteiger partial charge in [-0.1, -0.05) is 17.7 Å². The maximum absolute atomic E-state index is 10.5. The summed E-state index contributed by atoms with van der Waals surface area (Å²) >= 11 is 5.20. The van der Waals surface area contributed by atoms with Crippen LogP contribution in [0, 0.1) is 20.8 Å². The fourth-order valence-electron chi connectivity index (χ4n) is 1.52. The van der Waals surface area contributed by atoms with Crippen LogP contribution in [0.15, 0.2) is 12.1 Å². The summed E-state index contributed by atoms with van der Waals surface area (Å²) in [6.45, 7) is 5.85. The Kier molecular flexibility index (Phi) is 3.53. The van der Waals surface area contributed by atoms with Crippen molar-refractivity contribution in [2.24, 2.45) is 0 Å². The van der Waals surface area contributed by atoms with Gasteiger partial charge in [0, 0.05) is 0 Å². The highest BCUT2D eigenvalue weighted by atomic mass is 35.5. The molecule has 0 heterocycles. The van der Waals surface area contributed by atoms with Gasteiger partial charge in [0.15, 0.2) is 6.61 Å². The maximum Gasteiger partial charge on any atom is 0.259 e. The van der Waals surface area contributed by atoms with Crippen molar-refractivity contribution in [2.45, 2.75) is 20.8 Å². The molecule has 1 aromatic carbocycles. The first-order valence-electron chi connectivity index (χ1n) is 4.39. The highest BCUT2D eigenvalue weighted by molar-refractivity contribution is 6.63. The van der Waals surface area contributed by atoms with Crippen LogP contribution in [0.1, 0.15) is 16.7 Å². The maximum atomic E-state index is 10.5. The average molecular weight is 213 g/mol. The lowest BCUT2D eigenvalue weighted by atomic mass is 10.1. The quantitative estimate of drug-likeness (QED) is 0.721. The first-order chi connectivity index (χ1) is 6.50. The van der Waals surface area contributed by atoms with Crippen molar-refractivity contribution in [1.29, 1.82) is 0 Å². The fraction of sp³-hybridized carbons (Fsp3) is 0.364. The Balaban J connectivity index is 2.91. The lowest BCUT2D eigenvalue weighted by molar-refractivity contribution is -0.113. The molecule has 0 saturated carbocycles. The summed E-state index contributed by atoms with van der Waals surface area (Å²) in [7, 11) is 0. The molecule has 0 atom stereocenters. The summed E-state index contributed by atoms with van der Waals surface area (Å²) in [6, 6.07) is 4.03. The molecular formula is C11H13ClO2. The molecule has 0 spiro atoms. The highest BCUT2D eigenvalue weighted by Gasteiger charge is 2.06. The Bertz CT molecular complexity index is 335. The van der Waals surface area contributed by atoms with Crippen LogP contribution in [0.25, 0.3) is 0 Å². The Labute approximate surface area is 88.8 Å². The van der Waals surface area contributed by atoms with Crippen molar-refractivity contribution in [2.75, 3.05) is 6.61 Å². The van der Waals surface area contributed by atoms with Gasteiger partial charge in [-0.25, -0.2) is 0 Å². The normalized spacial score (nSPS) is 10.0. The Morgan fingerprint density at radius 3 is 2.21 bits per heavy atom. The Hall–Kier alpha value is -1.02. The van der Waals surface area contributed by atoms with Gasteiger partial charge in [0.05, 0.1) is 0 Å². The molecule has 0 saturated heterocycles. The van der Waals surface area contributed by atoms with Crippen molar-refractivity contribution in [3.8, 4) is 5.75 Å². The number of hydrogen-bond acceptors (Lipinski definition) is 2. The molecule has 0 aliphatic rings. The zero-order valence-corrected chi connectivity index (χ0v) is 9.31. The molecule has 0 aliphatic carbocycles. The van der Waals surface area contributed by atoms with E-state index in [1.54, 1.807) is 0 Å². The second-order valence-electron chi connectivity index (χ2n) is 3.37. The van der Waals surface area contributed by atoms with E-state index in [0.29, 0.717) is 0 Å². The summed E-state index contributed by atoms with van der Waals surface area (Å²) in [6.07, 6.45) is 0. The van der Waals surface area contributed by atoms with E-state index in [1.165, 1.54) is 5.56 Å². The molecule has 76 valence electrons. The summed E-state index contributed by atoms with van der Waals surface area (Å²) in [4.78, 5) is 10.5. The molecule has 14 heavy (non-hydrogen) atoms. The van der Waals surface area contributed by atoms with Crippen LogP contribution < -0.4 is 4.74 Å². The van der Waals surface area contributed by atoms with Crippen molar-refractivity contribution >= 4 is 16.8 Å². The predicted molar refractivity (Wildman–Crippen MR) is 57.0 cm³/mol. The molecule has 1 rings (SSSR count). The molecule has 1 aromatic rings. The van der Waals surface area contributed by atoms with Gasteiger partial charge < -0.3 is 4.74 Å². The number of benzene rings is 1. The minimum absolute atomic E-state index is 0.0771. The van der Waals surface area contributed by atoms with Crippen LogP contribution in [0.2, 0.25) is 0 Å². The van der Waals surface area contributed by atoms with E-state index in [4.69, 9.17) is 16.3 Å². The molecule has 0 bridgehead atoms. The second kappa shape index (κ2) is 4.47. The van der Waals surface area contributed by atoms with Crippen molar-refractivity contribution < 1.29 is 9.53 Å². The molecule has 0 aliphatic heterocycles. The van der Waals surface area contributed by atoms with E-state index < -0.39 is 5.24 Å². The molecule has 0 radical (unpaired) electrons. The van der Waals surface area contributed by atoms with E-state index in [-0.39, 0.29) is 6.61 Å². The van der Waals surface area contributed by atoms with Gasteiger partial charge in [0.25, 0.3) is 5.24 Å². The summed E-state index contributed by atoms with van der Waals surface area (Å²) in [5.41, 5.74) is 3.24. The molecule has 3 heteroatoms. The van der Waals surface area contributed by atoms with Crippen LogP contribution in [0.3, 0.4) is 0 Å². The zero-order valence-electron chi connectivity index (χ0n) is 8.56. The smallest absolute Gasteiger partial charge is 0.259 e. The van der Waals surface area contributed by atoms with E-state index in [0.717, 1.165) is 16.9 Å². The predicted octanol–water partition coefficient (Wildman–Crippen LogP) is 2.76. The SMILES string of the molecule is Cc1cc(C)c(OCC(=O)Cl)c(C)c1. The first kappa shape index (κ1) is 11.1.